The lowest BCUT2D eigenvalue weighted by atomic mass is 10.1. The fourth-order valence-corrected chi connectivity index (χ4v) is 4.59. The molecule has 162 valence electrons. The van der Waals surface area contributed by atoms with Gasteiger partial charge in [0.1, 0.15) is 11.6 Å². The third-order valence-electron chi connectivity index (χ3n) is 4.60. The zero-order valence-electron chi connectivity index (χ0n) is 17.3. The molecule has 0 unspecified atom stereocenters. The molecule has 30 heavy (non-hydrogen) atoms. The molecule has 0 aliphatic heterocycles. The number of hydrogen-bond donors (Lipinski definition) is 2. The van der Waals surface area contributed by atoms with Gasteiger partial charge in [0.15, 0.2) is 11.2 Å². The van der Waals surface area contributed by atoms with Gasteiger partial charge in [-0.15, -0.1) is 0 Å². The van der Waals surface area contributed by atoms with Crippen molar-refractivity contribution in [2.45, 2.75) is 51.8 Å². The van der Waals surface area contributed by atoms with E-state index in [0.717, 1.165) is 5.56 Å². The van der Waals surface area contributed by atoms with Crippen LogP contribution >= 0.6 is 0 Å². The molecule has 3 N–H and O–H groups in total. The van der Waals surface area contributed by atoms with Crippen molar-refractivity contribution in [3.63, 3.8) is 0 Å². The Kier molecular flexibility index (Phi) is 6.25. The number of aliphatic hydroxyl groups excluding tert-OH is 1. The van der Waals surface area contributed by atoms with Crippen LogP contribution in [0.2, 0.25) is 0 Å². The number of anilines is 1. The number of aryl methyl sites for hydroxylation is 3. The smallest absolute Gasteiger partial charge is 0.341 e. The number of aliphatic hydroxyl groups is 1. The van der Waals surface area contributed by atoms with Crippen LogP contribution in [-0.4, -0.2) is 45.8 Å². The molecular weight excluding hydrogens is 410 g/mol. The molecule has 0 aliphatic rings. The summed E-state index contributed by atoms with van der Waals surface area (Å²) in [6.45, 7) is 7.12. The molecule has 0 spiro atoms. The normalized spacial score (nSPS) is 13.0. The van der Waals surface area contributed by atoms with E-state index in [4.69, 9.17) is 14.7 Å². The summed E-state index contributed by atoms with van der Waals surface area (Å²) in [6, 6.07) is 3.54. The predicted octanol–water partition coefficient (Wildman–Crippen LogP) is 1.85. The van der Waals surface area contributed by atoms with Crippen LogP contribution in [0.1, 0.15) is 30.0 Å². The maximum absolute atomic E-state index is 13.0. The summed E-state index contributed by atoms with van der Waals surface area (Å²) in [6.07, 6.45) is 1.71. The zero-order chi connectivity index (χ0) is 22.1. The summed E-state index contributed by atoms with van der Waals surface area (Å²) in [5.41, 5.74) is 8.26. The number of ether oxygens (including phenoxy) is 1. The Morgan fingerprint density at radius 3 is 2.47 bits per heavy atom. The molecule has 10 nitrogen and oxygen atoms in total. The standard InChI is InChI=1S/C19H25N5O5S/c1-5-14(8-25)28-10-24-9-21-15-17(24)22-19(20)23-18(15)29-30(26,27)16-12(3)6-11(2)7-13(16)4/h6-7,9,14,25H,5,8,10H2,1-4H3,(H2,20,22,23)/t14-/m0/s1. The molecule has 0 bridgehead atoms. The molecular formula is C19H25N5O5S. The van der Waals surface area contributed by atoms with E-state index >= 15 is 0 Å². The number of nitrogen functional groups attached to an aromatic ring is 1. The Bertz CT molecular complexity index is 1150. The van der Waals surface area contributed by atoms with Crippen molar-refractivity contribution in [3.8, 4) is 5.88 Å². The fourth-order valence-electron chi connectivity index (χ4n) is 3.28. The molecule has 3 aromatic rings. The highest BCUT2D eigenvalue weighted by atomic mass is 32.2. The summed E-state index contributed by atoms with van der Waals surface area (Å²) < 4.78 is 38.5. The summed E-state index contributed by atoms with van der Waals surface area (Å²) >= 11 is 0. The van der Waals surface area contributed by atoms with Crippen LogP contribution < -0.4 is 9.92 Å². The summed E-state index contributed by atoms with van der Waals surface area (Å²) in [5.74, 6) is -0.425. The largest absolute Gasteiger partial charge is 0.394 e. The minimum Gasteiger partial charge on any atom is -0.394 e. The lowest BCUT2D eigenvalue weighted by molar-refractivity contribution is -0.0238. The Morgan fingerprint density at radius 1 is 1.20 bits per heavy atom. The second kappa shape index (κ2) is 8.54. The third-order valence-corrected chi connectivity index (χ3v) is 6.12. The molecule has 1 aromatic carbocycles. The number of nitrogens with zero attached hydrogens (tertiary/aromatic N) is 4. The van der Waals surface area contributed by atoms with Gasteiger partial charge < -0.3 is 19.8 Å². The molecule has 0 fully saturated rings. The van der Waals surface area contributed by atoms with Gasteiger partial charge in [-0.25, -0.2) is 4.98 Å². The second-order valence-corrected chi connectivity index (χ2v) is 8.53. The maximum atomic E-state index is 13.0. The van der Waals surface area contributed by atoms with E-state index in [2.05, 4.69) is 15.0 Å². The minimum atomic E-state index is -4.18. The molecule has 3 rings (SSSR count). The average Bonchev–Trinajstić information content (AvgIpc) is 3.04. The molecule has 1 atom stereocenters. The lowest BCUT2D eigenvalue weighted by Crippen LogP contribution is -2.18. The minimum absolute atomic E-state index is 0.0500. The summed E-state index contributed by atoms with van der Waals surface area (Å²) in [4.78, 5) is 12.3. The first kappa shape index (κ1) is 21.9. The van der Waals surface area contributed by atoms with E-state index < -0.39 is 10.1 Å². The van der Waals surface area contributed by atoms with E-state index in [1.807, 2.05) is 13.8 Å². The molecule has 0 amide bonds. The van der Waals surface area contributed by atoms with Crippen molar-refractivity contribution in [1.82, 2.24) is 19.5 Å². The number of aromatic nitrogens is 4. The molecule has 2 aromatic heterocycles. The van der Waals surface area contributed by atoms with Gasteiger partial charge in [-0.2, -0.15) is 18.4 Å². The van der Waals surface area contributed by atoms with E-state index in [-0.39, 0.29) is 47.3 Å². The lowest BCUT2D eigenvalue weighted by Gasteiger charge is -2.14. The monoisotopic (exact) mass is 435 g/mol. The summed E-state index contributed by atoms with van der Waals surface area (Å²) in [5, 5.41) is 9.27. The van der Waals surface area contributed by atoms with E-state index in [1.165, 1.54) is 10.9 Å². The maximum Gasteiger partial charge on any atom is 0.341 e. The number of nitrogens with two attached hydrogens (primary N) is 1. The number of rotatable bonds is 8. The molecule has 11 heteroatoms. The molecule has 0 saturated carbocycles. The first-order valence-corrected chi connectivity index (χ1v) is 10.8. The van der Waals surface area contributed by atoms with Crippen LogP contribution in [0, 0.1) is 20.8 Å². The van der Waals surface area contributed by atoms with Gasteiger partial charge >= 0.3 is 10.1 Å². The first-order valence-electron chi connectivity index (χ1n) is 9.39. The van der Waals surface area contributed by atoms with Gasteiger partial charge in [0.05, 0.1) is 19.0 Å². The number of fused-ring (bicyclic) bond motifs is 1. The van der Waals surface area contributed by atoms with Crippen molar-refractivity contribution < 1.29 is 22.4 Å². The van der Waals surface area contributed by atoms with Crippen molar-refractivity contribution in [2.75, 3.05) is 12.3 Å². The van der Waals surface area contributed by atoms with Gasteiger partial charge in [-0.3, -0.25) is 4.57 Å². The second-order valence-electron chi connectivity index (χ2n) is 7.05. The van der Waals surface area contributed by atoms with Crippen molar-refractivity contribution >= 4 is 27.2 Å². The van der Waals surface area contributed by atoms with Gasteiger partial charge in [-0.1, -0.05) is 24.6 Å². The van der Waals surface area contributed by atoms with Crippen LogP contribution in [0.15, 0.2) is 23.4 Å². The highest BCUT2D eigenvalue weighted by Crippen LogP contribution is 2.28. The quantitative estimate of drug-likeness (QED) is 0.507. The molecule has 0 saturated heterocycles. The van der Waals surface area contributed by atoms with E-state index in [9.17, 15) is 13.5 Å². The van der Waals surface area contributed by atoms with E-state index in [1.54, 1.807) is 26.0 Å². The van der Waals surface area contributed by atoms with Crippen LogP contribution in [0.25, 0.3) is 11.2 Å². The van der Waals surface area contributed by atoms with Crippen LogP contribution in [0.4, 0.5) is 5.95 Å². The van der Waals surface area contributed by atoms with Crippen LogP contribution in [0.5, 0.6) is 5.88 Å². The van der Waals surface area contributed by atoms with Crippen LogP contribution in [0.3, 0.4) is 0 Å². The van der Waals surface area contributed by atoms with E-state index in [0.29, 0.717) is 17.5 Å². The molecule has 2 heterocycles. The van der Waals surface area contributed by atoms with Crippen molar-refractivity contribution in [3.05, 3.63) is 35.2 Å². The number of imidazole rings is 1. The van der Waals surface area contributed by atoms with Crippen molar-refractivity contribution in [1.29, 1.82) is 0 Å². The Hall–Kier alpha value is -2.76. The average molecular weight is 436 g/mol. The topological polar surface area (TPSA) is 142 Å². The number of benzene rings is 1. The Balaban J connectivity index is 1.99. The fraction of sp³-hybridized carbons (Fsp3) is 0.421. The van der Waals surface area contributed by atoms with Crippen LogP contribution in [-0.2, 0) is 21.6 Å². The third kappa shape index (κ3) is 4.37. The van der Waals surface area contributed by atoms with Gasteiger partial charge in [0.25, 0.3) is 5.88 Å². The predicted molar refractivity (Wildman–Crippen MR) is 110 cm³/mol. The number of hydrogen-bond acceptors (Lipinski definition) is 9. The highest BCUT2D eigenvalue weighted by molar-refractivity contribution is 7.87. The van der Waals surface area contributed by atoms with Crippen molar-refractivity contribution in [2.24, 2.45) is 0 Å². The van der Waals surface area contributed by atoms with Gasteiger partial charge in [-0.05, 0) is 38.3 Å². The molecule has 0 radical (unpaired) electrons. The molecule has 0 aliphatic carbocycles. The van der Waals surface area contributed by atoms with Gasteiger partial charge in [0.2, 0.25) is 5.95 Å². The first-order chi connectivity index (χ1) is 14.2. The highest BCUT2D eigenvalue weighted by Gasteiger charge is 2.26. The SMILES string of the molecule is CC[C@@H](CO)OCn1cnc2c(OS(=O)(=O)c3c(C)cc(C)cc3C)nc(N)nc21. The van der Waals surface area contributed by atoms with Gasteiger partial charge in [0, 0.05) is 0 Å². The zero-order valence-corrected chi connectivity index (χ0v) is 18.1. The Labute approximate surface area is 174 Å². The summed E-state index contributed by atoms with van der Waals surface area (Å²) in [7, 11) is -4.18. The Morgan fingerprint density at radius 2 is 1.87 bits per heavy atom.